The third-order valence-electron chi connectivity index (χ3n) is 1.77. The molecule has 0 aliphatic carbocycles. The van der Waals surface area contributed by atoms with Gasteiger partial charge in [-0.05, 0) is 26.8 Å². The van der Waals surface area contributed by atoms with E-state index in [2.05, 4.69) is 16.5 Å². The van der Waals surface area contributed by atoms with Crippen molar-refractivity contribution in [2.45, 2.75) is 20.8 Å². The molecule has 0 atom stereocenters. The highest BCUT2D eigenvalue weighted by atomic mass is 16.5. The topological polar surface area (TPSA) is 52.1 Å². The number of carbonyl (C=O) groups is 1. The minimum Gasteiger partial charge on any atom is -0.462 e. The molecular formula is C11H14N2O2. The average Bonchev–Trinajstić information content (AvgIpc) is 2.15. The van der Waals surface area contributed by atoms with E-state index >= 15 is 0 Å². The van der Waals surface area contributed by atoms with Crippen LogP contribution in [0.15, 0.2) is 12.6 Å². The maximum atomic E-state index is 11.4. The fourth-order valence-electron chi connectivity index (χ4n) is 1.17. The summed E-state index contributed by atoms with van der Waals surface area (Å²) in [5.41, 5.74) is 1.81. The van der Waals surface area contributed by atoms with Crippen molar-refractivity contribution in [1.29, 1.82) is 0 Å². The van der Waals surface area contributed by atoms with E-state index in [1.807, 2.05) is 19.9 Å². The summed E-state index contributed by atoms with van der Waals surface area (Å²) in [5.74, 6) is -0.131. The Hall–Kier alpha value is -1.71. The third-order valence-corrected chi connectivity index (χ3v) is 1.77. The predicted molar refractivity (Wildman–Crippen MR) is 57.2 cm³/mol. The molecule has 0 unspecified atom stereocenters. The number of carbonyl (C=O) groups excluding carboxylic acids is 1. The molecule has 0 bridgehead atoms. The van der Waals surface area contributed by atoms with Gasteiger partial charge in [-0.25, -0.2) is 14.8 Å². The fourth-order valence-corrected chi connectivity index (χ4v) is 1.17. The first-order valence-electron chi connectivity index (χ1n) is 4.73. The predicted octanol–water partition coefficient (Wildman–Crippen LogP) is 1.67. The second-order valence-electron chi connectivity index (χ2n) is 3.17. The van der Waals surface area contributed by atoms with Gasteiger partial charge in [-0.2, -0.15) is 0 Å². The molecule has 0 aliphatic rings. The molecule has 0 radical (unpaired) electrons. The highest BCUT2D eigenvalue weighted by Gasteiger charge is 2.13. The summed E-state index contributed by atoms with van der Waals surface area (Å²) in [7, 11) is 0. The molecule has 0 aromatic carbocycles. The number of hydrogen-bond acceptors (Lipinski definition) is 4. The molecule has 0 amide bonds. The highest BCUT2D eigenvalue weighted by Crippen LogP contribution is 2.10. The zero-order valence-corrected chi connectivity index (χ0v) is 9.20. The van der Waals surface area contributed by atoms with Gasteiger partial charge in [0, 0.05) is 11.4 Å². The molecule has 1 aromatic rings. The van der Waals surface area contributed by atoms with Crippen molar-refractivity contribution in [2.75, 3.05) is 6.61 Å². The highest BCUT2D eigenvalue weighted by molar-refractivity contribution is 6.14. The van der Waals surface area contributed by atoms with Gasteiger partial charge in [0.25, 0.3) is 0 Å². The van der Waals surface area contributed by atoms with E-state index in [1.165, 1.54) is 0 Å². The van der Waals surface area contributed by atoms with E-state index in [1.54, 1.807) is 6.92 Å². The van der Waals surface area contributed by atoms with Gasteiger partial charge < -0.3 is 4.74 Å². The van der Waals surface area contributed by atoms with Crippen molar-refractivity contribution < 1.29 is 9.53 Å². The number of esters is 1. The molecule has 1 rings (SSSR count). The van der Waals surface area contributed by atoms with E-state index in [9.17, 15) is 4.79 Å². The van der Waals surface area contributed by atoms with Crippen LogP contribution in [0.2, 0.25) is 0 Å². The van der Waals surface area contributed by atoms with Crippen LogP contribution in [0.4, 0.5) is 0 Å². The summed E-state index contributed by atoms with van der Waals surface area (Å²) in [5, 5.41) is 0. The average molecular weight is 206 g/mol. The summed E-state index contributed by atoms with van der Waals surface area (Å²) in [4.78, 5) is 19.6. The number of aryl methyl sites for hydroxylation is 2. The summed E-state index contributed by atoms with van der Waals surface area (Å²) < 4.78 is 4.82. The first kappa shape index (κ1) is 11.4. The van der Waals surface area contributed by atoms with Gasteiger partial charge in [0.05, 0.1) is 12.2 Å². The maximum absolute atomic E-state index is 11.4. The lowest BCUT2D eigenvalue weighted by Crippen LogP contribution is -2.09. The number of ether oxygens (including phenoxy) is 1. The van der Waals surface area contributed by atoms with Crippen molar-refractivity contribution in [3.05, 3.63) is 29.9 Å². The largest absolute Gasteiger partial charge is 0.462 e. The Kier molecular flexibility index (Phi) is 3.55. The van der Waals surface area contributed by atoms with E-state index in [0.29, 0.717) is 12.4 Å². The molecule has 0 saturated heterocycles. The number of aromatic nitrogens is 2. The van der Waals surface area contributed by atoms with Gasteiger partial charge in [0.1, 0.15) is 0 Å². The van der Waals surface area contributed by atoms with E-state index in [0.717, 1.165) is 11.4 Å². The summed E-state index contributed by atoms with van der Waals surface area (Å²) in [6.45, 7) is 9.38. The van der Waals surface area contributed by atoms with Crippen LogP contribution in [0.3, 0.4) is 0 Å². The van der Waals surface area contributed by atoms with Gasteiger partial charge in [-0.3, -0.25) is 0 Å². The van der Waals surface area contributed by atoms with E-state index < -0.39 is 5.97 Å². The molecule has 0 fully saturated rings. The van der Waals surface area contributed by atoms with Crippen LogP contribution in [0.25, 0.3) is 5.57 Å². The SMILES string of the molecule is C=C(C(=O)OCC)c1nc(C)cc(C)n1. The minimum atomic E-state index is -0.470. The normalized spacial score (nSPS) is 9.80. The zero-order chi connectivity index (χ0) is 11.4. The standard InChI is InChI=1S/C11H14N2O2/c1-5-15-11(14)9(4)10-12-7(2)6-8(3)13-10/h6H,4-5H2,1-3H3. The van der Waals surface area contributed by atoms with Crippen molar-refractivity contribution in [1.82, 2.24) is 9.97 Å². The van der Waals surface area contributed by atoms with Crippen molar-refractivity contribution in [2.24, 2.45) is 0 Å². The van der Waals surface area contributed by atoms with Crippen LogP contribution in [-0.4, -0.2) is 22.5 Å². The second-order valence-corrected chi connectivity index (χ2v) is 3.17. The van der Waals surface area contributed by atoms with Gasteiger partial charge in [0.2, 0.25) is 0 Å². The van der Waals surface area contributed by atoms with Crippen LogP contribution in [0.5, 0.6) is 0 Å². The first-order valence-corrected chi connectivity index (χ1v) is 4.73. The Morgan fingerprint density at radius 2 is 1.93 bits per heavy atom. The van der Waals surface area contributed by atoms with Crippen molar-refractivity contribution in [3.8, 4) is 0 Å². The maximum Gasteiger partial charge on any atom is 0.341 e. The van der Waals surface area contributed by atoms with E-state index in [-0.39, 0.29) is 5.57 Å². The lowest BCUT2D eigenvalue weighted by Gasteiger charge is -2.05. The van der Waals surface area contributed by atoms with Gasteiger partial charge >= 0.3 is 5.97 Å². The Labute approximate surface area is 89.0 Å². The molecule has 80 valence electrons. The zero-order valence-electron chi connectivity index (χ0n) is 9.20. The smallest absolute Gasteiger partial charge is 0.341 e. The van der Waals surface area contributed by atoms with E-state index in [4.69, 9.17) is 4.74 Å². The fraction of sp³-hybridized carbons (Fsp3) is 0.364. The van der Waals surface area contributed by atoms with Crippen LogP contribution >= 0.6 is 0 Å². The molecule has 1 heterocycles. The Balaban J connectivity index is 2.96. The molecule has 4 nitrogen and oxygen atoms in total. The Bertz CT molecular complexity index is 379. The van der Waals surface area contributed by atoms with Gasteiger partial charge in [-0.15, -0.1) is 0 Å². The summed E-state index contributed by atoms with van der Waals surface area (Å²) in [6.07, 6.45) is 0. The second kappa shape index (κ2) is 4.68. The first-order chi connectivity index (χ1) is 7.04. The third kappa shape index (κ3) is 2.87. The quantitative estimate of drug-likeness (QED) is 0.557. The summed E-state index contributed by atoms with van der Waals surface area (Å²) in [6, 6.07) is 1.84. The lowest BCUT2D eigenvalue weighted by molar-refractivity contribution is -0.136. The number of hydrogen-bond donors (Lipinski definition) is 0. The van der Waals surface area contributed by atoms with Crippen molar-refractivity contribution >= 4 is 11.5 Å². The molecule has 0 spiro atoms. The molecule has 4 heteroatoms. The van der Waals surface area contributed by atoms with Crippen LogP contribution in [-0.2, 0) is 9.53 Å². The Morgan fingerprint density at radius 1 is 1.40 bits per heavy atom. The Morgan fingerprint density at radius 3 is 2.40 bits per heavy atom. The number of nitrogens with zero attached hydrogens (tertiary/aromatic N) is 2. The number of rotatable bonds is 3. The van der Waals surface area contributed by atoms with Crippen LogP contribution in [0.1, 0.15) is 24.1 Å². The molecule has 0 aliphatic heterocycles. The monoisotopic (exact) mass is 206 g/mol. The van der Waals surface area contributed by atoms with Crippen molar-refractivity contribution in [3.63, 3.8) is 0 Å². The van der Waals surface area contributed by atoms with Gasteiger partial charge in [0.15, 0.2) is 5.82 Å². The molecule has 0 N–H and O–H groups in total. The lowest BCUT2D eigenvalue weighted by atomic mass is 10.2. The molecule has 0 saturated carbocycles. The van der Waals surface area contributed by atoms with Gasteiger partial charge in [-0.1, -0.05) is 6.58 Å². The molecule has 15 heavy (non-hydrogen) atoms. The molecule has 1 aromatic heterocycles. The van der Waals surface area contributed by atoms with Crippen LogP contribution in [0, 0.1) is 13.8 Å². The minimum absolute atomic E-state index is 0.198. The summed E-state index contributed by atoms with van der Waals surface area (Å²) >= 11 is 0. The molecular weight excluding hydrogens is 192 g/mol. The van der Waals surface area contributed by atoms with Crippen LogP contribution < -0.4 is 0 Å².